The lowest BCUT2D eigenvalue weighted by Crippen LogP contribution is -2.39. The van der Waals surface area contributed by atoms with E-state index in [4.69, 9.17) is 14.2 Å². The standard InChI is InChI=1S/C20H24N2O4/c1-13-5-6-17(24-2)16(9-13)21-20(23)22-8-7-14-10-18(25-3)19(26-4)11-15(14)12-22/h5-6,9-11H,7-8,12H2,1-4H3,(H,21,23). The van der Waals surface area contributed by atoms with E-state index in [0.717, 1.165) is 17.5 Å². The highest BCUT2D eigenvalue weighted by molar-refractivity contribution is 5.91. The molecule has 3 rings (SSSR count). The number of nitrogens with zero attached hydrogens (tertiary/aromatic N) is 1. The Labute approximate surface area is 153 Å². The van der Waals surface area contributed by atoms with Gasteiger partial charge in [0.2, 0.25) is 0 Å². The number of methoxy groups -OCH3 is 3. The Kier molecular flexibility index (Phi) is 5.21. The van der Waals surface area contributed by atoms with Crippen LogP contribution in [0.3, 0.4) is 0 Å². The van der Waals surface area contributed by atoms with E-state index in [1.807, 2.05) is 37.3 Å². The number of urea groups is 1. The molecule has 0 saturated carbocycles. The summed E-state index contributed by atoms with van der Waals surface area (Å²) in [6.07, 6.45) is 0.772. The van der Waals surface area contributed by atoms with Gasteiger partial charge in [0.15, 0.2) is 11.5 Å². The Morgan fingerprint density at radius 2 is 1.62 bits per heavy atom. The van der Waals surface area contributed by atoms with Gasteiger partial charge in [-0.15, -0.1) is 0 Å². The first-order chi connectivity index (χ1) is 12.5. The van der Waals surface area contributed by atoms with E-state index in [1.165, 1.54) is 5.56 Å². The molecule has 0 atom stereocenters. The lowest BCUT2D eigenvalue weighted by molar-refractivity contribution is 0.206. The molecule has 26 heavy (non-hydrogen) atoms. The average Bonchev–Trinajstić information content (AvgIpc) is 2.66. The Morgan fingerprint density at radius 3 is 2.27 bits per heavy atom. The van der Waals surface area contributed by atoms with Gasteiger partial charge in [0, 0.05) is 13.1 Å². The van der Waals surface area contributed by atoms with Crippen LogP contribution in [0.4, 0.5) is 10.5 Å². The quantitative estimate of drug-likeness (QED) is 0.909. The Balaban J connectivity index is 1.78. The number of amides is 2. The highest BCUT2D eigenvalue weighted by Crippen LogP contribution is 2.33. The number of hydrogen-bond donors (Lipinski definition) is 1. The number of benzene rings is 2. The fourth-order valence-electron chi connectivity index (χ4n) is 3.17. The van der Waals surface area contributed by atoms with Gasteiger partial charge >= 0.3 is 6.03 Å². The molecule has 2 aromatic rings. The molecule has 0 radical (unpaired) electrons. The molecule has 1 aliphatic heterocycles. The summed E-state index contributed by atoms with van der Waals surface area (Å²) in [6, 6.07) is 9.50. The molecule has 1 aliphatic rings. The lowest BCUT2D eigenvalue weighted by atomic mass is 9.99. The summed E-state index contributed by atoms with van der Waals surface area (Å²) in [6.45, 7) is 3.14. The zero-order chi connectivity index (χ0) is 18.7. The second-order valence-electron chi connectivity index (χ2n) is 6.28. The first-order valence-corrected chi connectivity index (χ1v) is 8.50. The minimum Gasteiger partial charge on any atom is -0.495 e. The van der Waals surface area contributed by atoms with E-state index in [0.29, 0.717) is 36.0 Å². The summed E-state index contributed by atoms with van der Waals surface area (Å²) in [7, 11) is 4.83. The first kappa shape index (κ1) is 17.9. The van der Waals surface area contributed by atoms with Crippen LogP contribution in [0.5, 0.6) is 17.2 Å². The normalized spacial score (nSPS) is 13.0. The second-order valence-corrected chi connectivity index (χ2v) is 6.28. The third kappa shape index (κ3) is 3.54. The summed E-state index contributed by atoms with van der Waals surface area (Å²) in [5.41, 5.74) is 3.98. The molecule has 0 bridgehead atoms. The highest BCUT2D eigenvalue weighted by Gasteiger charge is 2.23. The number of anilines is 1. The van der Waals surface area contributed by atoms with Crippen molar-refractivity contribution in [2.24, 2.45) is 0 Å². The number of rotatable bonds is 4. The van der Waals surface area contributed by atoms with Crippen LogP contribution in [0.2, 0.25) is 0 Å². The van der Waals surface area contributed by atoms with E-state index in [9.17, 15) is 4.79 Å². The number of carbonyl (C=O) groups excluding carboxylic acids is 1. The van der Waals surface area contributed by atoms with E-state index in [2.05, 4.69) is 5.32 Å². The fourth-order valence-corrected chi connectivity index (χ4v) is 3.17. The molecule has 2 amide bonds. The predicted molar refractivity (Wildman–Crippen MR) is 100 cm³/mol. The molecule has 0 spiro atoms. The van der Waals surface area contributed by atoms with Crippen molar-refractivity contribution < 1.29 is 19.0 Å². The first-order valence-electron chi connectivity index (χ1n) is 8.50. The molecule has 6 nitrogen and oxygen atoms in total. The van der Waals surface area contributed by atoms with Crippen molar-refractivity contribution in [2.75, 3.05) is 33.2 Å². The van der Waals surface area contributed by atoms with Gasteiger partial charge in [-0.05, 0) is 54.3 Å². The van der Waals surface area contributed by atoms with Crippen LogP contribution in [0.1, 0.15) is 16.7 Å². The third-order valence-electron chi connectivity index (χ3n) is 4.60. The zero-order valence-corrected chi connectivity index (χ0v) is 15.6. The smallest absolute Gasteiger partial charge is 0.322 e. The summed E-state index contributed by atoms with van der Waals surface area (Å²) in [4.78, 5) is 14.5. The molecule has 0 aliphatic carbocycles. The van der Waals surface area contributed by atoms with Gasteiger partial charge in [-0.1, -0.05) is 6.07 Å². The van der Waals surface area contributed by atoms with Crippen molar-refractivity contribution in [1.82, 2.24) is 4.90 Å². The second kappa shape index (κ2) is 7.56. The van der Waals surface area contributed by atoms with Gasteiger partial charge in [0.05, 0.1) is 27.0 Å². The summed E-state index contributed by atoms with van der Waals surface area (Å²) < 4.78 is 16.1. The van der Waals surface area contributed by atoms with Crippen molar-refractivity contribution >= 4 is 11.7 Å². The minimum atomic E-state index is -0.144. The number of nitrogens with one attached hydrogen (secondary N) is 1. The van der Waals surface area contributed by atoms with Crippen molar-refractivity contribution in [2.45, 2.75) is 19.9 Å². The molecule has 0 fully saturated rings. The van der Waals surface area contributed by atoms with Crippen LogP contribution < -0.4 is 19.5 Å². The Morgan fingerprint density at radius 1 is 0.962 bits per heavy atom. The van der Waals surface area contributed by atoms with Crippen LogP contribution in [0.15, 0.2) is 30.3 Å². The zero-order valence-electron chi connectivity index (χ0n) is 15.6. The van der Waals surface area contributed by atoms with Crippen molar-refractivity contribution in [3.63, 3.8) is 0 Å². The molecule has 0 unspecified atom stereocenters. The third-order valence-corrected chi connectivity index (χ3v) is 4.60. The highest BCUT2D eigenvalue weighted by atomic mass is 16.5. The maximum Gasteiger partial charge on any atom is 0.322 e. The lowest BCUT2D eigenvalue weighted by Gasteiger charge is -2.30. The molecule has 0 saturated heterocycles. The Hall–Kier alpha value is -2.89. The Bertz CT molecular complexity index is 820. The van der Waals surface area contributed by atoms with E-state index < -0.39 is 0 Å². The molecule has 6 heteroatoms. The maximum atomic E-state index is 12.7. The van der Waals surface area contributed by atoms with Crippen LogP contribution in [-0.2, 0) is 13.0 Å². The van der Waals surface area contributed by atoms with Gasteiger partial charge in [0.25, 0.3) is 0 Å². The van der Waals surface area contributed by atoms with Crippen molar-refractivity contribution in [3.8, 4) is 17.2 Å². The van der Waals surface area contributed by atoms with Crippen LogP contribution in [0, 0.1) is 6.92 Å². The number of aryl methyl sites for hydroxylation is 1. The summed E-state index contributed by atoms with van der Waals surface area (Å²) in [5.74, 6) is 2.04. The van der Waals surface area contributed by atoms with E-state index >= 15 is 0 Å². The number of hydrogen-bond acceptors (Lipinski definition) is 4. The number of ether oxygens (including phenoxy) is 3. The van der Waals surface area contributed by atoms with E-state index in [-0.39, 0.29) is 6.03 Å². The van der Waals surface area contributed by atoms with E-state index in [1.54, 1.807) is 26.2 Å². The van der Waals surface area contributed by atoms with Gasteiger partial charge < -0.3 is 24.4 Å². The number of carbonyl (C=O) groups is 1. The van der Waals surface area contributed by atoms with Gasteiger partial charge in [-0.2, -0.15) is 0 Å². The fraction of sp³-hybridized carbons (Fsp3) is 0.350. The molecule has 0 aromatic heterocycles. The summed E-state index contributed by atoms with van der Waals surface area (Å²) in [5, 5.41) is 2.96. The van der Waals surface area contributed by atoms with Crippen molar-refractivity contribution in [1.29, 1.82) is 0 Å². The minimum absolute atomic E-state index is 0.144. The number of fused-ring (bicyclic) bond motifs is 1. The predicted octanol–water partition coefficient (Wildman–Crippen LogP) is 3.61. The topological polar surface area (TPSA) is 60.0 Å². The van der Waals surface area contributed by atoms with Crippen LogP contribution in [-0.4, -0.2) is 38.8 Å². The molecule has 138 valence electrons. The molecule has 1 heterocycles. The maximum absolute atomic E-state index is 12.7. The average molecular weight is 356 g/mol. The molecular weight excluding hydrogens is 332 g/mol. The van der Waals surface area contributed by atoms with Gasteiger partial charge in [-0.3, -0.25) is 0 Å². The summed E-state index contributed by atoms with van der Waals surface area (Å²) >= 11 is 0. The van der Waals surface area contributed by atoms with Crippen molar-refractivity contribution in [3.05, 3.63) is 47.0 Å². The van der Waals surface area contributed by atoms with Gasteiger partial charge in [-0.25, -0.2) is 4.79 Å². The molecule has 1 N–H and O–H groups in total. The van der Waals surface area contributed by atoms with Crippen LogP contribution in [0.25, 0.3) is 0 Å². The largest absolute Gasteiger partial charge is 0.495 e. The van der Waals surface area contributed by atoms with Gasteiger partial charge in [0.1, 0.15) is 5.75 Å². The SMILES string of the molecule is COc1ccc(C)cc1NC(=O)N1CCc2cc(OC)c(OC)cc2C1. The monoisotopic (exact) mass is 356 g/mol. The molecule has 2 aromatic carbocycles. The molecular formula is C20H24N2O4. The van der Waals surface area contributed by atoms with Crippen LogP contribution >= 0.6 is 0 Å².